The molecule has 1 aromatic carbocycles. The molecule has 0 aliphatic heterocycles. The highest BCUT2D eigenvalue weighted by Gasteiger charge is 2.01. The summed E-state index contributed by atoms with van der Waals surface area (Å²) in [4.78, 5) is 0. The molecule has 1 rings (SSSR count). The average molecular weight is 230 g/mol. The molecule has 0 saturated heterocycles. The molecule has 0 bridgehead atoms. The van der Waals surface area contributed by atoms with Crippen molar-refractivity contribution in [1.29, 1.82) is 0 Å². The van der Waals surface area contributed by atoms with Crippen molar-refractivity contribution in [1.82, 2.24) is 0 Å². The summed E-state index contributed by atoms with van der Waals surface area (Å²) in [5.74, 6) is -0.0345. The van der Waals surface area contributed by atoms with E-state index in [1.165, 1.54) is 0 Å². The van der Waals surface area contributed by atoms with Gasteiger partial charge in [-0.05, 0) is 23.6 Å². The zero-order valence-electron chi connectivity index (χ0n) is 7.53. The molecule has 0 fully saturated rings. The van der Waals surface area contributed by atoms with Gasteiger partial charge < -0.3 is 4.55 Å². The van der Waals surface area contributed by atoms with Gasteiger partial charge in [0.05, 0.1) is 0 Å². The van der Waals surface area contributed by atoms with E-state index in [1.54, 1.807) is 18.2 Å². The Bertz CT molecular complexity index is 363. The summed E-state index contributed by atoms with van der Waals surface area (Å²) < 4.78 is 20.9. The Morgan fingerprint density at radius 1 is 1.57 bits per heavy atom. The van der Waals surface area contributed by atoms with Crippen LogP contribution >= 0.6 is 11.6 Å². The third-order valence-corrected chi connectivity index (χ3v) is 2.67. The second-order valence-corrected chi connectivity index (χ2v) is 4.17. The van der Waals surface area contributed by atoms with E-state index < -0.39 is 11.1 Å². The molecule has 4 heteroatoms. The minimum absolute atomic E-state index is 0.0345. The largest absolute Gasteiger partial charge is 0.772 e. The number of hydrogen-bond acceptors (Lipinski definition) is 2. The Balaban J connectivity index is 2.89. The maximum Gasteiger partial charge on any atom is 0.0449 e. The molecular weight excluding hydrogens is 220 g/mol. The molecule has 2 nitrogen and oxygen atoms in total. The van der Waals surface area contributed by atoms with E-state index in [2.05, 4.69) is 6.58 Å². The second-order valence-electron chi connectivity index (χ2n) is 2.87. The summed E-state index contributed by atoms with van der Waals surface area (Å²) in [6.45, 7) is 3.61. The molecule has 0 N–H and O–H groups in total. The van der Waals surface area contributed by atoms with Gasteiger partial charge in [0, 0.05) is 10.8 Å². The van der Waals surface area contributed by atoms with E-state index in [-0.39, 0.29) is 5.75 Å². The van der Waals surface area contributed by atoms with Crippen molar-refractivity contribution in [3.63, 3.8) is 0 Å². The molecule has 0 aliphatic rings. The summed E-state index contributed by atoms with van der Waals surface area (Å²) >= 11 is 3.81. The molecule has 0 aromatic heterocycles. The fourth-order valence-corrected chi connectivity index (χ4v) is 1.98. The van der Waals surface area contributed by atoms with Gasteiger partial charge in [0.2, 0.25) is 0 Å². The highest BCUT2D eigenvalue weighted by molar-refractivity contribution is 7.78. The van der Waals surface area contributed by atoms with Crippen molar-refractivity contribution in [2.45, 2.75) is 12.2 Å². The van der Waals surface area contributed by atoms with Crippen LogP contribution < -0.4 is 0 Å². The Hall–Kier alpha value is -0.640. The SMILES string of the molecule is C=CCc1ccc(CS(=O)[O-])c(Cl)c1. The Kier molecular flexibility index (Phi) is 4.32. The van der Waals surface area contributed by atoms with E-state index in [0.29, 0.717) is 10.6 Å². The molecule has 0 spiro atoms. The number of hydrogen-bond donors (Lipinski definition) is 0. The summed E-state index contributed by atoms with van der Waals surface area (Å²) in [5.41, 5.74) is 1.67. The van der Waals surface area contributed by atoms with Gasteiger partial charge in [0.1, 0.15) is 0 Å². The molecule has 1 unspecified atom stereocenters. The molecular formula is C10H10ClO2S-. The molecule has 0 aliphatic carbocycles. The van der Waals surface area contributed by atoms with E-state index >= 15 is 0 Å². The van der Waals surface area contributed by atoms with Gasteiger partial charge in [-0.1, -0.05) is 40.9 Å². The van der Waals surface area contributed by atoms with E-state index in [9.17, 15) is 8.76 Å². The topological polar surface area (TPSA) is 40.1 Å². The van der Waals surface area contributed by atoms with Crippen molar-refractivity contribution >= 4 is 22.7 Å². The number of rotatable bonds is 4. The van der Waals surface area contributed by atoms with Gasteiger partial charge in [-0.15, -0.1) is 6.58 Å². The van der Waals surface area contributed by atoms with Gasteiger partial charge in [-0.2, -0.15) is 0 Å². The van der Waals surface area contributed by atoms with Crippen LogP contribution in [0, 0.1) is 0 Å². The third-order valence-electron chi connectivity index (χ3n) is 1.77. The van der Waals surface area contributed by atoms with Gasteiger partial charge >= 0.3 is 0 Å². The van der Waals surface area contributed by atoms with Crippen molar-refractivity contribution in [2.75, 3.05) is 0 Å². The first kappa shape index (κ1) is 11.4. The van der Waals surface area contributed by atoms with Gasteiger partial charge in [0.25, 0.3) is 0 Å². The second kappa shape index (κ2) is 5.29. The lowest BCUT2D eigenvalue weighted by molar-refractivity contribution is 0.536. The normalized spacial score (nSPS) is 12.4. The highest BCUT2D eigenvalue weighted by Crippen LogP contribution is 2.19. The van der Waals surface area contributed by atoms with Crippen LogP contribution in [0.2, 0.25) is 5.02 Å². The van der Waals surface area contributed by atoms with Crippen molar-refractivity contribution < 1.29 is 8.76 Å². The molecule has 1 atom stereocenters. The molecule has 76 valence electrons. The van der Waals surface area contributed by atoms with Crippen LogP contribution in [-0.4, -0.2) is 8.76 Å². The fraction of sp³-hybridized carbons (Fsp3) is 0.200. The Morgan fingerprint density at radius 3 is 2.79 bits per heavy atom. The van der Waals surface area contributed by atoms with Gasteiger partial charge in [0.15, 0.2) is 0 Å². The maximum atomic E-state index is 10.5. The van der Waals surface area contributed by atoms with E-state index in [0.717, 1.165) is 12.0 Å². The molecule has 0 saturated carbocycles. The summed E-state index contributed by atoms with van der Waals surface area (Å²) in [6, 6.07) is 5.36. The standard InChI is InChI=1S/C10H11ClO2S/c1-2-3-8-4-5-9(7-14(12)13)10(11)6-8/h2,4-6H,1,3,7H2,(H,12,13)/p-1. The van der Waals surface area contributed by atoms with Gasteiger partial charge in [-0.3, -0.25) is 4.21 Å². The number of benzene rings is 1. The van der Waals surface area contributed by atoms with Crippen LogP contribution in [0.1, 0.15) is 11.1 Å². The predicted octanol–water partition coefficient (Wildman–Crippen LogP) is 2.45. The van der Waals surface area contributed by atoms with Crippen LogP contribution in [0.4, 0.5) is 0 Å². The zero-order valence-corrected chi connectivity index (χ0v) is 9.11. The van der Waals surface area contributed by atoms with Crippen molar-refractivity contribution in [2.24, 2.45) is 0 Å². The number of halogens is 1. The molecule has 14 heavy (non-hydrogen) atoms. The molecule has 0 amide bonds. The third kappa shape index (κ3) is 3.25. The van der Waals surface area contributed by atoms with E-state index in [4.69, 9.17) is 11.6 Å². The van der Waals surface area contributed by atoms with Crippen LogP contribution in [-0.2, 0) is 23.3 Å². The fourth-order valence-electron chi connectivity index (χ4n) is 1.13. The highest BCUT2D eigenvalue weighted by atomic mass is 35.5. The predicted molar refractivity (Wildman–Crippen MR) is 58.0 cm³/mol. The molecule has 0 radical (unpaired) electrons. The molecule has 1 aromatic rings. The first-order valence-electron chi connectivity index (χ1n) is 4.07. The Labute approximate surface area is 90.9 Å². The lowest BCUT2D eigenvalue weighted by Crippen LogP contribution is -1.95. The first-order valence-corrected chi connectivity index (χ1v) is 5.69. The van der Waals surface area contributed by atoms with Crippen molar-refractivity contribution in [3.8, 4) is 0 Å². The quantitative estimate of drug-likeness (QED) is 0.588. The summed E-state index contributed by atoms with van der Waals surface area (Å²) in [5, 5.41) is 0.494. The zero-order chi connectivity index (χ0) is 10.6. The van der Waals surface area contributed by atoms with Crippen LogP contribution in [0.3, 0.4) is 0 Å². The van der Waals surface area contributed by atoms with Crippen LogP contribution in [0.15, 0.2) is 30.9 Å². The number of allylic oxidation sites excluding steroid dienone is 1. The summed E-state index contributed by atoms with van der Waals surface area (Å²) in [6.07, 6.45) is 2.51. The summed E-state index contributed by atoms with van der Waals surface area (Å²) in [7, 11) is 0. The lowest BCUT2D eigenvalue weighted by atomic mass is 10.1. The first-order chi connectivity index (χ1) is 6.63. The smallest absolute Gasteiger partial charge is 0.0449 e. The minimum Gasteiger partial charge on any atom is -0.772 e. The van der Waals surface area contributed by atoms with Crippen LogP contribution in [0.25, 0.3) is 0 Å². The Morgan fingerprint density at radius 2 is 2.29 bits per heavy atom. The average Bonchev–Trinajstić information content (AvgIpc) is 2.10. The monoisotopic (exact) mass is 229 g/mol. The maximum absolute atomic E-state index is 10.5. The minimum atomic E-state index is -2.09. The van der Waals surface area contributed by atoms with Gasteiger partial charge in [-0.25, -0.2) is 0 Å². The van der Waals surface area contributed by atoms with Crippen molar-refractivity contribution in [3.05, 3.63) is 47.0 Å². The van der Waals surface area contributed by atoms with E-state index in [1.807, 2.05) is 6.07 Å². The molecule has 0 heterocycles. The van der Waals surface area contributed by atoms with Crippen LogP contribution in [0.5, 0.6) is 0 Å². The lowest BCUT2D eigenvalue weighted by Gasteiger charge is -2.08.